The number of methoxy groups -OCH3 is 1. The van der Waals surface area contributed by atoms with Gasteiger partial charge in [-0.2, -0.15) is 0 Å². The smallest absolute Gasteiger partial charge is 0.384 e. The third-order valence-electron chi connectivity index (χ3n) is 2.87. The number of rotatable bonds is 0. The van der Waals surface area contributed by atoms with E-state index in [1.165, 1.54) is 27.3 Å². The van der Waals surface area contributed by atoms with E-state index in [9.17, 15) is 4.79 Å². The molecular formula is C16H10O2S. The van der Waals surface area contributed by atoms with Gasteiger partial charge in [0.05, 0.1) is 7.11 Å². The Labute approximate surface area is 114 Å². The summed E-state index contributed by atoms with van der Waals surface area (Å²) >= 11 is 1.76. The van der Waals surface area contributed by atoms with Gasteiger partial charge >= 0.3 is 5.97 Å². The molecule has 0 aliphatic heterocycles. The molecule has 0 unspecified atom stereocenters. The highest BCUT2D eigenvalue weighted by atomic mass is 32.1. The number of thiophene rings is 1. The highest BCUT2D eigenvalue weighted by molar-refractivity contribution is 7.25. The van der Waals surface area contributed by atoms with Gasteiger partial charge < -0.3 is 4.74 Å². The lowest BCUT2D eigenvalue weighted by molar-refractivity contribution is -0.133. The van der Waals surface area contributed by atoms with Gasteiger partial charge in [-0.1, -0.05) is 24.1 Å². The maximum atomic E-state index is 11.0. The first kappa shape index (κ1) is 11.8. The van der Waals surface area contributed by atoms with Crippen LogP contribution in [0.5, 0.6) is 0 Å². The lowest BCUT2D eigenvalue weighted by atomic mass is 10.1. The molecule has 3 rings (SSSR count). The van der Waals surface area contributed by atoms with E-state index in [1.54, 1.807) is 11.3 Å². The summed E-state index contributed by atoms with van der Waals surface area (Å²) in [4.78, 5) is 11.0. The molecule has 0 saturated carbocycles. The van der Waals surface area contributed by atoms with Crippen molar-refractivity contribution in [2.24, 2.45) is 0 Å². The molecule has 3 aromatic rings. The third kappa shape index (κ3) is 2.18. The van der Waals surface area contributed by atoms with E-state index < -0.39 is 5.97 Å². The van der Waals surface area contributed by atoms with E-state index in [2.05, 4.69) is 28.7 Å². The summed E-state index contributed by atoms with van der Waals surface area (Å²) in [5.41, 5.74) is 0.821. The van der Waals surface area contributed by atoms with Gasteiger partial charge in [-0.3, -0.25) is 0 Å². The molecule has 2 aromatic carbocycles. The van der Waals surface area contributed by atoms with Crippen molar-refractivity contribution in [1.82, 2.24) is 0 Å². The predicted octanol–water partition coefficient (Wildman–Crippen LogP) is 3.58. The number of hydrogen-bond donors (Lipinski definition) is 0. The number of esters is 1. The molecule has 0 aliphatic rings. The SMILES string of the molecule is COC(=O)C#Cc1ccc2sc3ccccc3c2c1. The number of ether oxygens (including phenoxy) is 1. The molecule has 0 fully saturated rings. The zero-order valence-corrected chi connectivity index (χ0v) is 11.1. The van der Waals surface area contributed by atoms with Crippen LogP contribution in [0.25, 0.3) is 20.2 Å². The van der Waals surface area contributed by atoms with Gasteiger partial charge in [0.25, 0.3) is 0 Å². The Morgan fingerprint density at radius 3 is 2.74 bits per heavy atom. The Balaban J connectivity index is 2.16. The molecule has 0 amide bonds. The lowest BCUT2D eigenvalue weighted by Gasteiger charge is -1.93. The Bertz CT molecular complexity index is 834. The lowest BCUT2D eigenvalue weighted by Crippen LogP contribution is -1.94. The van der Waals surface area contributed by atoms with Crippen LogP contribution >= 0.6 is 11.3 Å². The molecule has 0 spiro atoms. The van der Waals surface area contributed by atoms with Crippen LogP contribution in [-0.4, -0.2) is 13.1 Å². The van der Waals surface area contributed by atoms with Gasteiger partial charge in [0, 0.05) is 31.7 Å². The Morgan fingerprint density at radius 1 is 1.11 bits per heavy atom. The highest BCUT2D eigenvalue weighted by Gasteiger charge is 2.04. The molecule has 0 saturated heterocycles. The molecule has 0 aliphatic carbocycles. The fraction of sp³-hybridized carbons (Fsp3) is 0.0625. The number of carbonyl (C=O) groups is 1. The standard InChI is InChI=1S/C16H10O2S/c1-18-16(17)9-7-11-6-8-15-13(10-11)12-4-2-3-5-14(12)19-15/h2-6,8,10H,1H3. The number of fused-ring (bicyclic) bond motifs is 3. The Hall–Kier alpha value is -2.31. The van der Waals surface area contributed by atoms with Gasteiger partial charge in [0.1, 0.15) is 0 Å². The number of carbonyl (C=O) groups excluding carboxylic acids is 1. The first-order valence-electron chi connectivity index (χ1n) is 5.79. The second-order valence-electron chi connectivity index (χ2n) is 4.05. The van der Waals surface area contributed by atoms with Crippen molar-refractivity contribution in [3.63, 3.8) is 0 Å². The quantitative estimate of drug-likeness (QED) is 0.459. The number of hydrogen-bond acceptors (Lipinski definition) is 3. The number of benzene rings is 2. The van der Waals surface area contributed by atoms with Crippen molar-refractivity contribution >= 4 is 37.5 Å². The summed E-state index contributed by atoms with van der Waals surface area (Å²) in [6.45, 7) is 0. The summed E-state index contributed by atoms with van der Waals surface area (Å²) in [6.07, 6.45) is 0. The zero-order valence-electron chi connectivity index (χ0n) is 10.3. The molecule has 1 heterocycles. The zero-order chi connectivity index (χ0) is 13.2. The molecule has 2 nitrogen and oxygen atoms in total. The van der Waals surface area contributed by atoms with Gasteiger partial charge in [-0.15, -0.1) is 11.3 Å². The average Bonchev–Trinajstić information content (AvgIpc) is 2.82. The minimum Gasteiger partial charge on any atom is -0.459 e. The predicted molar refractivity (Wildman–Crippen MR) is 78.2 cm³/mol. The van der Waals surface area contributed by atoms with E-state index >= 15 is 0 Å². The molecule has 92 valence electrons. The van der Waals surface area contributed by atoms with Gasteiger partial charge in [0.2, 0.25) is 0 Å². The first-order valence-corrected chi connectivity index (χ1v) is 6.61. The second kappa shape index (κ2) is 4.75. The van der Waals surface area contributed by atoms with Crippen molar-refractivity contribution in [2.75, 3.05) is 7.11 Å². The van der Waals surface area contributed by atoms with Gasteiger partial charge in [0.15, 0.2) is 0 Å². The summed E-state index contributed by atoms with van der Waals surface area (Å²) in [5.74, 6) is 4.75. The normalized spacial score (nSPS) is 10.2. The molecule has 19 heavy (non-hydrogen) atoms. The van der Waals surface area contributed by atoms with Gasteiger partial charge in [-0.25, -0.2) is 4.79 Å². The topological polar surface area (TPSA) is 26.3 Å². The summed E-state index contributed by atoms with van der Waals surface area (Å²) in [6, 6.07) is 14.3. The van der Waals surface area contributed by atoms with Crippen molar-refractivity contribution in [3.05, 3.63) is 48.0 Å². The fourth-order valence-electron chi connectivity index (χ4n) is 1.98. The van der Waals surface area contributed by atoms with Crippen molar-refractivity contribution in [3.8, 4) is 11.8 Å². The monoisotopic (exact) mass is 266 g/mol. The van der Waals surface area contributed by atoms with Crippen LogP contribution in [0, 0.1) is 11.8 Å². The average molecular weight is 266 g/mol. The molecule has 1 aromatic heterocycles. The Kier molecular flexibility index (Phi) is 2.94. The molecule has 0 bridgehead atoms. The van der Waals surface area contributed by atoms with Gasteiger partial charge in [-0.05, 0) is 24.3 Å². The maximum absolute atomic E-state index is 11.0. The van der Waals surface area contributed by atoms with Crippen LogP contribution in [0.15, 0.2) is 42.5 Å². The third-order valence-corrected chi connectivity index (χ3v) is 4.02. The van der Waals surface area contributed by atoms with E-state index in [0.29, 0.717) is 0 Å². The maximum Gasteiger partial charge on any atom is 0.384 e. The van der Waals surface area contributed by atoms with Crippen LogP contribution in [-0.2, 0) is 9.53 Å². The van der Waals surface area contributed by atoms with E-state index in [-0.39, 0.29) is 0 Å². The van der Waals surface area contributed by atoms with E-state index in [4.69, 9.17) is 0 Å². The summed E-state index contributed by atoms with van der Waals surface area (Å²) in [5, 5.41) is 2.40. The van der Waals surface area contributed by atoms with E-state index in [0.717, 1.165) is 5.56 Å². The molecular weight excluding hydrogens is 256 g/mol. The Morgan fingerprint density at radius 2 is 1.89 bits per heavy atom. The largest absolute Gasteiger partial charge is 0.459 e. The van der Waals surface area contributed by atoms with Crippen molar-refractivity contribution in [2.45, 2.75) is 0 Å². The fourth-order valence-corrected chi connectivity index (χ4v) is 3.06. The minimum atomic E-state index is -0.518. The van der Waals surface area contributed by atoms with Crippen molar-refractivity contribution in [1.29, 1.82) is 0 Å². The molecule has 0 N–H and O–H groups in total. The highest BCUT2D eigenvalue weighted by Crippen LogP contribution is 2.33. The molecule has 3 heteroatoms. The van der Waals surface area contributed by atoms with Crippen LogP contribution in [0.2, 0.25) is 0 Å². The summed E-state index contributed by atoms with van der Waals surface area (Å²) < 4.78 is 6.99. The van der Waals surface area contributed by atoms with Crippen LogP contribution in [0.3, 0.4) is 0 Å². The van der Waals surface area contributed by atoms with Crippen molar-refractivity contribution < 1.29 is 9.53 Å². The summed E-state index contributed by atoms with van der Waals surface area (Å²) in [7, 11) is 1.33. The van der Waals surface area contributed by atoms with Crippen LogP contribution < -0.4 is 0 Å². The van der Waals surface area contributed by atoms with Crippen LogP contribution in [0.1, 0.15) is 5.56 Å². The first-order chi connectivity index (χ1) is 9.28. The van der Waals surface area contributed by atoms with E-state index in [1.807, 2.05) is 30.3 Å². The minimum absolute atomic E-state index is 0.518. The second-order valence-corrected chi connectivity index (χ2v) is 5.13. The molecule has 0 atom stereocenters. The molecule has 0 radical (unpaired) electrons. The van der Waals surface area contributed by atoms with Crippen LogP contribution in [0.4, 0.5) is 0 Å².